The maximum atomic E-state index is 10.3. The van der Waals surface area contributed by atoms with Gasteiger partial charge in [0.05, 0.1) is 6.26 Å². The molecule has 0 spiro atoms. The van der Waals surface area contributed by atoms with E-state index in [1.165, 1.54) is 6.26 Å². The molecule has 0 aliphatic rings. The number of ether oxygens (including phenoxy) is 1. The van der Waals surface area contributed by atoms with Crippen LogP contribution < -0.4 is 0 Å². The maximum absolute atomic E-state index is 10.3. The third kappa shape index (κ3) is 5.03. The Labute approximate surface area is 53.9 Å². The highest BCUT2D eigenvalue weighted by atomic mass is 16.5. The normalized spacial score (nSPS) is 10.0. The fourth-order valence-electron chi connectivity index (χ4n) is 0.283. The van der Waals surface area contributed by atoms with Crippen molar-refractivity contribution in [2.24, 2.45) is 0 Å². The number of carbonyl (C=O) groups excluding carboxylic acids is 1. The van der Waals surface area contributed by atoms with Crippen LogP contribution in [0, 0.1) is 0 Å². The summed E-state index contributed by atoms with van der Waals surface area (Å²) in [4.78, 5) is 10.3. The van der Waals surface area contributed by atoms with Crippen LogP contribution >= 0.6 is 0 Å². The molecule has 0 heterocycles. The molecular weight excluding hydrogens is 120 g/mol. The van der Waals surface area contributed by atoms with Crippen molar-refractivity contribution in [2.75, 3.05) is 13.2 Å². The molecule has 0 fully saturated rings. The molecule has 0 aliphatic heterocycles. The number of aliphatic hydroxyl groups is 1. The molecule has 52 valence electrons. The van der Waals surface area contributed by atoms with Gasteiger partial charge in [-0.1, -0.05) is 6.08 Å². The zero-order valence-electron chi connectivity index (χ0n) is 5.33. The van der Waals surface area contributed by atoms with Gasteiger partial charge in [0.15, 0.2) is 5.78 Å². The summed E-state index contributed by atoms with van der Waals surface area (Å²) >= 11 is 0. The van der Waals surface area contributed by atoms with Gasteiger partial charge in [-0.25, -0.2) is 0 Å². The van der Waals surface area contributed by atoms with E-state index in [-0.39, 0.29) is 12.4 Å². The van der Waals surface area contributed by atoms with Crippen molar-refractivity contribution in [1.29, 1.82) is 0 Å². The Morgan fingerprint density at radius 3 is 2.89 bits per heavy atom. The predicted molar refractivity (Wildman–Crippen MR) is 32.9 cm³/mol. The molecule has 0 amide bonds. The molecule has 0 aliphatic carbocycles. The van der Waals surface area contributed by atoms with Crippen molar-refractivity contribution in [3.05, 3.63) is 12.3 Å². The Morgan fingerprint density at radius 1 is 1.78 bits per heavy atom. The Morgan fingerprint density at radius 2 is 2.44 bits per heavy atom. The second-order valence-corrected chi connectivity index (χ2v) is 1.48. The second kappa shape index (κ2) is 5.31. The van der Waals surface area contributed by atoms with E-state index in [4.69, 9.17) is 5.11 Å². The monoisotopic (exact) mass is 130 g/mol. The van der Waals surface area contributed by atoms with E-state index in [0.29, 0.717) is 0 Å². The molecule has 0 saturated carbocycles. The van der Waals surface area contributed by atoms with Crippen LogP contribution in [0.3, 0.4) is 0 Å². The molecule has 0 rings (SSSR count). The van der Waals surface area contributed by atoms with Gasteiger partial charge in [-0.2, -0.15) is 0 Å². The fourth-order valence-corrected chi connectivity index (χ4v) is 0.283. The lowest BCUT2D eigenvalue weighted by Crippen LogP contribution is -2.09. The van der Waals surface area contributed by atoms with Crippen molar-refractivity contribution < 1.29 is 14.6 Å². The van der Waals surface area contributed by atoms with Gasteiger partial charge < -0.3 is 9.84 Å². The lowest BCUT2D eigenvalue weighted by atomic mass is 10.5. The van der Waals surface area contributed by atoms with E-state index in [1.54, 1.807) is 13.0 Å². The fraction of sp³-hybridized carbons (Fsp3) is 0.500. The van der Waals surface area contributed by atoms with Gasteiger partial charge in [-0.3, -0.25) is 4.79 Å². The smallest absolute Gasteiger partial charge is 0.195 e. The van der Waals surface area contributed by atoms with E-state index in [2.05, 4.69) is 4.74 Å². The van der Waals surface area contributed by atoms with Gasteiger partial charge in [-0.15, -0.1) is 0 Å². The number of ketones is 1. The Hall–Kier alpha value is -0.830. The summed E-state index contributed by atoms with van der Waals surface area (Å²) in [7, 11) is 0. The van der Waals surface area contributed by atoms with Crippen LogP contribution in [0.2, 0.25) is 0 Å². The van der Waals surface area contributed by atoms with Crippen LogP contribution in [0.25, 0.3) is 0 Å². The van der Waals surface area contributed by atoms with Gasteiger partial charge in [0.1, 0.15) is 13.2 Å². The van der Waals surface area contributed by atoms with Crippen LogP contribution in [-0.2, 0) is 9.53 Å². The van der Waals surface area contributed by atoms with E-state index >= 15 is 0 Å². The number of Topliss-reactive ketones (excluding diaryl/α,β-unsaturated/α-hetero) is 1. The standard InChI is InChI=1S/C6H10O3/c1-2-3-9-5-6(8)4-7/h2-3,7H,4-5H2,1H3. The van der Waals surface area contributed by atoms with Crippen LogP contribution in [0.15, 0.2) is 12.3 Å². The van der Waals surface area contributed by atoms with Gasteiger partial charge in [-0.05, 0) is 6.92 Å². The van der Waals surface area contributed by atoms with Crippen molar-refractivity contribution in [1.82, 2.24) is 0 Å². The number of allylic oxidation sites excluding steroid dienone is 1. The molecule has 3 heteroatoms. The molecule has 0 aromatic carbocycles. The number of aliphatic hydroxyl groups excluding tert-OH is 1. The van der Waals surface area contributed by atoms with Crippen molar-refractivity contribution in [3.63, 3.8) is 0 Å². The van der Waals surface area contributed by atoms with E-state index in [9.17, 15) is 4.79 Å². The molecule has 0 aromatic rings. The first kappa shape index (κ1) is 8.17. The topological polar surface area (TPSA) is 46.5 Å². The van der Waals surface area contributed by atoms with Crippen molar-refractivity contribution >= 4 is 5.78 Å². The minimum absolute atomic E-state index is 0.0408. The summed E-state index contributed by atoms with van der Waals surface area (Å²) in [6.07, 6.45) is 3.08. The molecule has 0 unspecified atom stereocenters. The molecule has 0 aromatic heterocycles. The summed E-state index contributed by atoms with van der Waals surface area (Å²) < 4.78 is 4.65. The highest BCUT2D eigenvalue weighted by molar-refractivity contribution is 5.80. The zero-order chi connectivity index (χ0) is 7.11. The first-order valence-electron chi connectivity index (χ1n) is 2.66. The summed E-state index contributed by atoms with van der Waals surface area (Å²) in [5.74, 6) is -0.312. The molecule has 0 atom stereocenters. The third-order valence-electron chi connectivity index (χ3n) is 0.653. The number of hydrogen-bond donors (Lipinski definition) is 1. The van der Waals surface area contributed by atoms with Gasteiger partial charge in [0.2, 0.25) is 0 Å². The summed E-state index contributed by atoms with van der Waals surface area (Å²) in [6, 6.07) is 0. The summed E-state index contributed by atoms with van der Waals surface area (Å²) in [5, 5.41) is 8.18. The minimum Gasteiger partial charge on any atom is -0.494 e. The first-order valence-corrected chi connectivity index (χ1v) is 2.66. The van der Waals surface area contributed by atoms with Crippen molar-refractivity contribution in [2.45, 2.75) is 6.92 Å². The maximum Gasteiger partial charge on any atom is 0.195 e. The van der Waals surface area contributed by atoms with Gasteiger partial charge in [0.25, 0.3) is 0 Å². The molecular formula is C6H10O3. The van der Waals surface area contributed by atoms with Gasteiger partial charge in [0, 0.05) is 0 Å². The predicted octanol–water partition coefficient (Wildman–Crippen LogP) is 0.0980. The molecule has 0 radical (unpaired) electrons. The lowest BCUT2D eigenvalue weighted by molar-refractivity contribution is -0.124. The average Bonchev–Trinajstić information content (AvgIpc) is 1.89. The minimum atomic E-state index is -0.447. The number of rotatable bonds is 4. The molecule has 0 bridgehead atoms. The quantitative estimate of drug-likeness (QED) is 0.549. The highest BCUT2D eigenvalue weighted by Gasteiger charge is 1.94. The van der Waals surface area contributed by atoms with Crippen LogP contribution in [0.1, 0.15) is 6.92 Å². The Balaban J connectivity index is 3.17. The SMILES string of the molecule is CC=COCC(=O)CO. The van der Waals surface area contributed by atoms with E-state index in [1.807, 2.05) is 0 Å². The van der Waals surface area contributed by atoms with Crippen molar-refractivity contribution in [3.8, 4) is 0 Å². The van der Waals surface area contributed by atoms with E-state index < -0.39 is 6.61 Å². The summed E-state index contributed by atoms with van der Waals surface area (Å²) in [5.41, 5.74) is 0. The second-order valence-electron chi connectivity index (χ2n) is 1.48. The van der Waals surface area contributed by atoms with Crippen LogP contribution in [0.5, 0.6) is 0 Å². The Kier molecular flexibility index (Phi) is 4.82. The van der Waals surface area contributed by atoms with E-state index in [0.717, 1.165) is 0 Å². The van der Waals surface area contributed by atoms with Crippen LogP contribution in [0.4, 0.5) is 0 Å². The number of hydrogen-bond acceptors (Lipinski definition) is 3. The average molecular weight is 130 g/mol. The molecule has 0 saturated heterocycles. The van der Waals surface area contributed by atoms with Crippen LogP contribution in [-0.4, -0.2) is 24.1 Å². The Bertz CT molecular complexity index is 107. The largest absolute Gasteiger partial charge is 0.494 e. The molecule has 1 N–H and O–H groups in total. The summed E-state index contributed by atoms with van der Waals surface area (Å²) in [6.45, 7) is 1.29. The molecule has 9 heavy (non-hydrogen) atoms. The van der Waals surface area contributed by atoms with Gasteiger partial charge >= 0.3 is 0 Å². The lowest BCUT2D eigenvalue weighted by Gasteiger charge is -1.94. The number of carbonyl (C=O) groups is 1. The zero-order valence-corrected chi connectivity index (χ0v) is 5.33. The first-order chi connectivity index (χ1) is 4.31. The third-order valence-corrected chi connectivity index (χ3v) is 0.653. The molecule has 3 nitrogen and oxygen atoms in total. The highest BCUT2D eigenvalue weighted by Crippen LogP contribution is 1.77.